The highest BCUT2D eigenvalue weighted by Crippen LogP contribution is 2.31. The Labute approximate surface area is 113 Å². The second kappa shape index (κ2) is 5.72. The summed E-state index contributed by atoms with van der Waals surface area (Å²) < 4.78 is 0. The maximum absolute atomic E-state index is 11.1. The Kier molecular flexibility index (Phi) is 4.25. The van der Waals surface area contributed by atoms with Crippen molar-refractivity contribution in [3.63, 3.8) is 0 Å². The van der Waals surface area contributed by atoms with Crippen molar-refractivity contribution in [3.05, 3.63) is 28.8 Å². The van der Waals surface area contributed by atoms with Crippen LogP contribution in [0.25, 0.3) is 0 Å². The van der Waals surface area contributed by atoms with Crippen molar-refractivity contribution in [2.75, 3.05) is 32.1 Å². The van der Waals surface area contributed by atoms with E-state index < -0.39 is 0 Å². The zero-order valence-electron chi connectivity index (χ0n) is 10.9. The van der Waals surface area contributed by atoms with E-state index in [9.17, 15) is 4.79 Å². The molecule has 18 heavy (non-hydrogen) atoms. The minimum Gasteiger partial charge on any atom is -0.370 e. The fraction of sp³-hybridized carbons (Fsp3) is 0.500. The maximum Gasteiger partial charge on any atom is 0.152 e. The van der Waals surface area contributed by atoms with Crippen LogP contribution in [0.1, 0.15) is 23.2 Å². The van der Waals surface area contributed by atoms with Gasteiger partial charge in [-0.05, 0) is 45.1 Å². The van der Waals surface area contributed by atoms with E-state index in [0.717, 1.165) is 37.9 Å². The first-order valence-electron chi connectivity index (χ1n) is 6.28. The first kappa shape index (κ1) is 13.4. The van der Waals surface area contributed by atoms with Gasteiger partial charge in [0.1, 0.15) is 0 Å². The molecule has 0 radical (unpaired) electrons. The predicted molar refractivity (Wildman–Crippen MR) is 75.8 cm³/mol. The Balaban J connectivity index is 2.23. The van der Waals surface area contributed by atoms with Crippen molar-refractivity contribution in [2.24, 2.45) is 0 Å². The van der Waals surface area contributed by atoms with Gasteiger partial charge in [0.15, 0.2) is 6.29 Å². The van der Waals surface area contributed by atoms with Crippen LogP contribution in [-0.2, 0) is 0 Å². The topological polar surface area (TPSA) is 23.6 Å². The second-order valence-corrected chi connectivity index (χ2v) is 5.35. The molecule has 0 spiro atoms. The van der Waals surface area contributed by atoms with Crippen LogP contribution in [0, 0.1) is 0 Å². The van der Waals surface area contributed by atoms with Gasteiger partial charge in [-0.3, -0.25) is 4.79 Å². The molecule has 0 unspecified atom stereocenters. The first-order chi connectivity index (χ1) is 8.63. The van der Waals surface area contributed by atoms with Crippen LogP contribution in [0.3, 0.4) is 0 Å². The number of rotatable bonds is 3. The number of halogens is 1. The smallest absolute Gasteiger partial charge is 0.152 e. The molecule has 0 bridgehead atoms. The molecule has 0 saturated carbocycles. The third-order valence-corrected chi connectivity index (χ3v) is 4.04. The number of anilines is 1. The SMILES string of the molecule is CN1CCC(N(C)c2c(Cl)cccc2C=O)CC1. The highest BCUT2D eigenvalue weighted by Gasteiger charge is 2.23. The van der Waals surface area contributed by atoms with Crippen molar-refractivity contribution in [1.29, 1.82) is 0 Å². The van der Waals surface area contributed by atoms with E-state index in [1.54, 1.807) is 0 Å². The molecule has 1 aliphatic heterocycles. The van der Waals surface area contributed by atoms with E-state index in [2.05, 4.69) is 16.8 Å². The van der Waals surface area contributed by atoms with Crippen molar-refractivity contribution < 1.29 is 4.79 Å². The first-order valence-corrected chi connectivity index (χ1v) is 6.66. The molecule has 1 aliphatic rings. The summed E-state index contributed by atoms with van der Waals surface area (Å²) in [7, 11) is 4.17. The van der Waals surface area contributed by atoms with Crippen molar-refractivity contribution in [1.82, 2.24) is 4.90 Å². The zero-order valence-corrected chi connectivity index (χ0v) is 11.7. The molecule has 1 aromatic rings. The van der Waals surface area contributed by atoms with Gasteiger partial charge in [0.2, 0.25) is 0 Å². The van der Waals surface area contributed by atoms with Gasteiger partial charge in [-0.1, -0.05) is 17.7 Å². The molecule has 4 heteroatoms. The number of nitrogens with zero attached hydrogens (tertiary/aromatic N) is 2. The number of piperidine rings is 1. The summed E-state index contributed by atoms with van der Waals surface area (Å²) in [6.07, 6.45) is 3.10. The quantitative estimate of drug-likeness (QED) is 0.786. The lowest BCUT2D eigenvalue weighted by molar-refractivity contribution is 0.112. The minimum atomic E-state index is 0.458. The number of carbonyl (C=O) groups is 1. The fourth-order valence-electron chi connectivity index (χ4n) is 2.56. The lowest BCUT2D eigenvalue weighted by Crippen LogP contribution is -2.42. The van der Waals surface area contributed by atoms with Crippen LogP contribution in [0.2, 0.25) is 5.02 Å². The molecule has 3 nitrogen and oxygen atoms in total. The largest absolute Gasteiger partial charge is 0.370 e. The Morgan fingerprint density at radius 1 is 1.39 bits per heavy atom. The number of aldehydes is 1. The molecule has 1 fully saturated rings. The molecule has 1 heterocycles. The number of para-hydroxylation sites is 1. The fourth-order valence-corrected chi connectivity index (χ4v) is 2.88. The molecular weight excluding hydrogens is 248 g/mol. The molecule has 0 amide bonds. The summed E-state index contributed by atoms with van der Waals surface area (Å²) in [6.45, 7) is 2.19. The lowest BCUT2D eigenvalue weighted by Gasteiger charge is -2.37. The van der Waals surface area contributed by atoms with Crippen molar-refractivity contribution in [3.8, 4) is 0 Å². The molecule has 98 valence electrons. The van der Waals surface area contributed by atoms with Gasteiger partial charge in [-0.15, -0.1) is 0 Å². The average molecular weight is 267 g/mol. The number of hydrogen-bond donors (Lipinski definition) is 0. The van der Waals surface area contributed by atoms with E-state index in [4.69, 9.17) is 11.6 Å². The van der Waals surface area contributed by atoms with E-state index >= 15 is 0 Å². The number of likely N-dealkylation sites (tertiary alicyclic amines) is 1. The van der Waals surface area contributed by atoms with Gasteiger partial charge in [-0.25, -0.2) is 0 Å². The normalized spacial score (nSPS) is 17.7. The van der Waals surface area contributed by atoms with E-state index in [1.807, 2.05) is 25.2 Å². The third-order valence-electron chi connectivity index (χ3n) is 3.73. The van der Waals surface area contributed by atoms with E-state index in [1.165, 1.54) is 0 Å². The highest BCUT2D eigenvalue weighted by molar-refractivity contribution is 6.33. The summed E-state index contributed by atoms with van der Waals surface area (Å²) in [6, 6.07) is 5.94. The van der Waals surface area contributed by atoms with Gasteiger partial charge in [0, 0.05) is 18.7 Å². The molecule has 0 aromatic heterocycles. The summed E-state index contributed by atoms with van der Waals surface area (Å²) in [5, 5.41) is 0.654. The third kappa shape index (κ3) is 2.68. The highest BCUT2D eigenvalue weighted by atomic mass is 35.5. The second-order valence-electron chi connectivity index (χ2n) is 4.94. The summed E-state index contributed by atoms with van der Waals surface area (Å²) in [4.78, 5) is 15.6. The van der Waals surface area contributed by atoms with E-state index in [-0.39, 0.29) is 0 Å². The van der Waals surface area contributed by atoms with Gasteiger partial charge < -0.3 is 9.80 Å². The average Bonchev–Trinajstić information content (AvgIpc) is 2.38. The Bertz CT molecular complexity index is 428. The molecule has 2 rings (SSSR count). The van der Waals surface area contributed by atoms with Crippen LogP contribution in [0.15, 0.2) is 18.2 Å². The van der Waals surface area contributed by atoms with Crippen molar-refractivity contribution >= 4 is 23.6 Å². The van der Waals surface area contributed by atoms with Crippen LogP contribution in [0.4, 0.5) is 5.69 Å². The monoisotopic (exact) mass is 266 g/mol. The van der Waals surface area contributed by atoms with Crippen LogP contribution in [-0.4, -0.2) is 44.4 Å². The molecule has 0 aliphatic carbocycles. The van der Waals surface area contributed by atoms with Crippen LogP contribution in [0.5, 0.6) is 0 Å². The van der Waals surface area contributed by atoms with Crippen molar-refractivity contribution in [2.45, 2.75) is 18.9 Å². The Hall–Kier alpha value is -1.06. The Morgan fingerprint density at radius 2 is 2.06 bits per heavy atom. The minimum absolute atomic E-state index is 0.458. The zero-order chi connectivity index (χ0) is 13.1. The summed E-state index contributed by atoms with van der Waals surface area (Å²) in [5.41, 5.74) is 1.53. The summed E-state index contributed by atoms with van der Waals surface area (Å²) >= 11 is 6.24. The number of benzene rings is 1. The molecule has 1 aromatic carbocycles. The molecule has 1 saturated heterocycles. The summed E-state index contributed by atoms with van der Waals surface area (Å²) in [5.74, 6) is 0. The molecule has 0 N–H and O–H groups in total. The van der Waals surface area contributed by atoms with Crippen LogP contribution < -0.4 is 4.90 Å². The van der Waals surface area contributed by atoms with Gasteiger partial charge in [0.25, 0.3) is 0 Å². The van der Waals surface area contributed by atoms with Gasteiger partial charge in [-0.2, -0.15) is 0 Å². The lowest BCUT2D eigenvalue weighted by atomic mass is 10.0. The standard InChI is InChI=1S/C14H19ClN2O/c1-16-8-6-12(7-9-16)17(2)14-11(10-18)4-3-5-13(14)15/h3-5,10,12H,6-9H2,1-2H3. The molecular formula is C14H19ClN2O. The maximum atomic E-state index is 11.1. The van der Waals surface area contributed by atoms with Gasteiger partial charge in [0.05, 0.1) is 10.7 Å². The molecule has 0 atom stereocenters. The Morgan fingerprint density at radius 3 is 2.67 bits per heavy atom. The predicted octanol–water partition coefficient (Wildman–Crippen LogP) is 2.68. The van der Waals surface area contributed by atoms with Gasteiger partial charge >= 0.3 is 0 Å². The number of carbonyl (C=O) groups excluding carboxylic acids is 1. The van der Waals surface area contributed by atoms with E-state index in [0.29, 0.717) is 16.6 Å². The number of hydrogen-bond acceptors (Lipinski definition) is 3. The van der Waals surface area contributed by atoms with Crippen LogP contribution >= 0.6 is 11.6 Å².